The molecule has 0 saturated carbocycles. The van der Waals surface area contributed by atoms with Crippen LogP contribution in [0.5, 0.6) is 0 Å². The van der Waals surface area contributed by atoms with Crippen molar-refractivity contribution in [2.45, 2.75) is 39.7 Å². The van der Waals surface area contributed by atoms with Gasteiger partial charge in [0.1, 0.15) is 0 Å². The number of rotatable bonds is 6. The summed E-state index contributed by atoms with van der Waals surface area (Å²) in [5.74, 6) is 0. The lowest BCUT2D eigenvalue weighted by atomic mass is 9.97. The summed E-state index contributed by atoms with van der Waals surface area (Å²) in [4.78, 5) is 0. The van der Waals surface area contributed by atoms with E-state index in [2.05, 4.69) is 55.6 Å². The van der Waals surface area contributed by atoms with Crippen molar-refractivity contribution in [2.24, 2.45) is 7.05 Å². The van der Waals surface area contributed by atoms with Gasteiger partial charge in [0.2, 0.25) is 0 Å². The quantitative estimate of drug-likeness (QED) is 0.873. The van der Waals surface area contributed by atoms with E-state index in [1.54, 1.807) is 0 Å². The molecule has 0 saturated heterocycles. The Bertz CT molecular complexity index is 557. The maximum Gasteiger partial charge on any atom is 0.0521 e. The smallest absolute Gasteiger partial charge is 0.0521 e. The van der Waals surface area contributed by atoms with E-state index < -0.39 is 0 Å². The molecule has 0 aliphatic rings. The molecule has 0 bridgehead atoms. The van der Waals surface area contributed by atoms with Gasteiger partial charge in [0, 0.05) is 19.3 Å². The SMILES string of the molecule is CCNC(CCc1cnn(C)c1)c1ccc(C)c(C)c1. The molecule has 3 heteroatoms. The second-order valence-corrected chi connectivity index (χ2v) is 5.51. The zero-order valence-electron chi connectivity index (χ0n) is 13.0. The van der Waals surface area contributed by atoms with E-state index in [1.807, 2.05) is 17.9 Å². The number of aromatic nitrogens is 2. The van der Waals surface area contributed by atoms with Gasteiger partial charge in [-0.05, 0) is 55.5 Å². The van der Waals surface area contributed by atoms with Gasteiger partial charge in [-0.15, -0.1) is 0 Å². The third-order valence-corrected chi connectivity index (χ3v) is 3.86. The molecular formula is C17H25N3. The summed E-state index contributed by atoms with van der Waals surface area (Å²) < 4.78 is 1.87. The fourth-order valence-electron chi connectivity index (χ4n) is 2.53. The van der Waals surface area contributed by atoms with E-state index in [9.17, 15) is 0 Å². The monoisotopic (exact) mass is 271 g/mol. The lowest BCUT2D eigenvalue weighted by Gasteiger charge is -2.19. The van der Waals surface area contributed by atoms with Crippen LogP contribution in [0.2, 0.25) is 0 Å². The highest BCUT2D eigenvalue weighted by molar-refractivity contribution is 5.31. The van der Waals surface area contributed by atoms with Crippen molar-refractivity contribution < 1.29 is 0 Å². The van der Waals surface area contributed by atoms with Crippen LogP contribution in [-0.2, 0) is 13.5 Å². The Morgan fingerprint density at radius 3 is 2.65 bits per heavy atom. The van der Waals surface area contributed by atoms with E-state index >= 15 is 0 Å². The zero-order chi connectivity index (χ0) is 14.5. The molecule has 1 aromatic heterocycles. The molecule has 0 aliphatic carbocycles. The van der Waals surface area contributed by atoms with Crippen molar-refractivity contribution in [2.75, 3.05) is 6.54 Å². The maximum atomic E-state index is 4.24. The summed E-state index contributed by atoms with van der Waals surface area (Å²) in [6, 6.07) is 7.20. The standard InChI is InChI=1S/C17H25N3/c1-5-18-17(9-7-15-11-19-20(4)12-15)16-8-6-13(2)14(3)10-16/h6,8,10-12,17-18H,5,7,9H2,1-4H3. The van der Waals surface area contributed by atoms with E-state index in [0.717, 1.165) is 19.4 Å². The average molecular weight is 271 g/mol. The van der Waals surface area contributed by atoms with Crippen LogP contribution < -0.4 is 5.32 Å². The third-order valence-electron chi connectivity index (χ3n) is 3.86. The van der Waals surface area contributed by atoms with Gasteiger partial charge in [-0.1, -0.05) is 25.1 Å². The molecule has 2 aromatic rings. The first-order chi connectivity index (χ1) is 9.60. The molecule has 1 aromatic carbocycles. The van der Waals surface area contributed by atoms with Gasteiger partial charge in [-0.3, -0.25) is 4.68 Å². The van der Waals surface area contributed by atoms with Crippen molar-refractivity contribution in [1.29, 1.82) is 0 Å². The fourth-order valence-corrected chi connectivity index (χ4v) is 2.53. The molecule has 1 unspecified atom stereocenters. The number of nitrogens with zero attached hydrogens (tertiary/aromatic N) is 2. The van der Waals surface area contributed by atoms with E-state index in [1.165, 1.54) is 22.3 Å². The number of hydrogen-bond donors (Lipinski definition) is 1. The van der Waals surface area contributed by atoms with Crippen LogP contribution in [0.4, 0.5) is 0 Å². The molecule has 0 fully saturated rings. The van der Waals surface area contributed by atoms with Crippen molar-refractivity contribution in [3.8, 4) is 0 Å². The lowest BCUT2D eigenvalue weighted by molar-refractivity contribution is 0.515. The van der Waals surface area contributed by atoms with E-state index in [-0.39, 0.29) is 0 Å². The van der Waals surface area contributed by atoms with E-state index in [0.29, 0.717) is 6.04 Å². The maximum absolute atomic E-state index is 4.24. The number of hydrogen-bond acceptors (Lipinski definition) is 2. The minimum atomic E-state index is 0.416. The molecule has 0 amide bonds. The van der Waals surface area contributed by atoms with Crippen molar-refractivity contribution in [3.05, 3.63) is 52.8 Å². The summed E-state index contributed by atoms with van der Waals surface area (Å²) in [6.07, 6.45) is 6.22. The Morgan fingerprint density at radius 2 is 2.05 bits per heavy atom. The lowest BCUT2D eigenvalue weighted by Crippen LogP contribution is -2.21. The van der Waals surface area contributed by atoms with Crippen LogP contribution in [0.15, 0.2) is 30.6 Å². The molecule has 20 heavy (non-hydrogen) atoms. The highest BCUT2D eigenvalue weighted by Crippen LogP contribution is 2.21. The zero-order valence-corrected chi connectivity index (χ0v) is 13.0. The topological polar surface area (TPSA) is 29.9 Å². The third kappa shape index (κ3) is 3.70. The molecule has 108 valence electrons. The van der Waals surface area contributed by atoms with Gasteiger partial charge in [0.25, 0.3) is 0 Å². The predicted molar refractivity (Wildman–Crippen MR) is 83.9 cm³/mol. The first-order valence-corrected chi connectivity index (χ1v) is 7.38. The van der Waals surface area contributed by atoms with Crippen LogP contribution in [-0.4, -0.2) is 16.3 Å². The summed E-state index contributed by atoms with van der Waals surface area (Å²) in [6.45, 7) is 7.50. The average Bonchev–Trinajstić information content (AvgIpc) is 2.84. The van der Waals surface area contributed by atoms with Gasteiger partial charge in [0.05, 0.1) is 6.20 Å². The van der Waals surface area contributed by atoms with Gasteiger partial charge in [-0.25, -0.2) is 0 Å². The normalized spacial score (nSPS) is 12.6. The fraction of sp³-hybridized carbons (Fsp3) is 0.471. The summed E-state index contributed by atoms with van der Waals surface area (Å²) in [7, 11) is 1.97. The predicted octanol–water partition coefficient (Wildman–Crippen LogP) is 3.32. The minimum Gasteiger partial charge on any atom is -0.310 e. The Morgan fingerprint density at radius 1 is 1.25 bits per heavy atom. The highest BCUT2D eigenvalue weighted by atomic mass is 15.2. The van der Waals surface area contributed by atoms with Crippen LogP contribution in [0, 0.1) is 13.8 Å². The van der Waals surface area contributed by atoms with Gasteiger partial charge < -0.3 is 5.32 Å². The molecular weight excluding hydrogens is 246 g/mol. The molecule has 3 nitrogen and oxygen atoms in total. The molecule has 0 aliphatic heterocycles. The van der Waals surface area contributed by atoms with Gasteiger partial charge in [-0.2, -0.15) is 5.10 Å². The minimum absolute atomic E-state index is 0.416. The molecule has 0 spiro atoms. The molecule has 1 heterocycles. The van der Waals surface area contributed by atoms with Crippen molar-refractivity contribution >= 4 is 0 Å². The first-order valence-electron chi connectivity index (χ1n) is 7.38. The van der Waals surface area contributed by atoms with Crippen LogP contribution >= 0.6 is 0 Å². The van der Waals surface area contributed by atoms with Gasteiger partial charge >= 0.3 is 0 Å². The Hall–Kier alpha value is -1.61. The first kappa shape index (κ1) is 14.8. The molecule has 1 atom stereocenters. The summed E-state index contributed by atoms with van der Waals surface area (Å²) in [5, 5.41) is 7.83. The Labute approximate surface area is 122 Å². The van der Waals surface area contributed by atoms with Crippen molar-refractivity contribution in [3.63, 3.8) is 0 Å². The summed E-state index contributed by atoms with van der Waals surface area (Å²) >= 11 is 0. The second-order valence-electron chi connectivity index (χ2n) is 5.51. The van der Waals surface area contributed by atoms with Gasteiger partial charge in [0.15, 0.2) is 0 Å². The second kappa shape index (κ2) is 6.71. The Kier molecular flexibility index (Phi) is 4.96. The molecule has 1 N–H and O–H groups in total. The van der Waals surface area contributed by atoms with Crippen molar-refractivity contribution in [1.82, 2.24) is 15.1 Å². The Balaban J connectivity index is 2.07. The molecule has 0 radical (unpaired) electrons. The number of aryl methyl sites for hydroxylation is 4. The van der Waals surface area contributed by atoms with Crippen LogP contribution in [0.1, 0.15) is 41.6 Å². The van der Waals surface area contributed by atoms with Crippen LogP contribution in [0.25, 0.3) is 0 Å². The molecule has 2 rings (SSSR count). The number of benzene rings is 1. The van der Waals surface area contributed by atoms with E-state index in [4.69, 9.17) is 0 Å². The van der Waals surface area contributed by atoms with Crippen LogP contribution in [0.3, 0.4) is 0 Å². The number of nitrogens with one attached hydrogen (secondary N) is 1. The summed E-state index contributed by atoms with van der Waals surface area (Å²) in [5.41, 5.74) is 5.42. The highest BCUT2D eigenvalue weighted by Gasteiger charge is 2.11. The largest absolute Gasteiger partial charge is 0.310 e.